The number of fused-ring (bicyclic) bond motifs is 1. The minimum atomic E-state index is -1.18. The quantitative estimate of drug-likeness (QED) is 0.149. The third-order valence-electron chi connectivity index (χ3n) is 14.4. The van der Waals surface area contributed by atoms with Crippen molar-refractivity contribution in [2.45, 2.75) is 98.8 Å². The second-order valence-electron chi connectivity index (χ2n) is 22.2. The summed E-state index contributed by atoms with van der Waals surface area (Å²) in [4.78, 5) is 10.7. The highest BCUT2D eigenvalue weighted by atomic mass is 16.3. The van der Waals surface area contributed by atoms with Crippen molar-refractivity contribution >= 4 is 11.0 Å². The van der Waals surface area contributed by atoms with Gasteiger partial charge in [0.05, 0.1) is 28.0 Å². The van der Waals surface area contributed by atoms with Crippen LogP contribution in [0.15, 0.2) is 188 Å². The SMILES string of the molecule is [2H]C(C)(C)c1cc(-c2nc3c(-c4cc(-c5cc(-c6ccc(-c7ccccc7)cc6)ccn5)cc(C(C)(C)C)c4)cccc3n2-c2cc(C)c(-c3ccc(C(C)(C)C)cc3)cc2-c2ccccc2)c(O)c(C([2H])(C)C)c1. The summed E-state index contributed by atoms with van der Waals surface area (Å²) in [5, 5.41) is 12.6. The van der Waals surface area contributed by atoms with Crippen molar-refractivity contribution < 1.29 is 7.85 Å². The maximum absolute atomic E-state index is 12.6. The molecule has 0 fully saturated rings. The molecule has 0 atom stereocenters. The number of hydrogen-bond acceptors (Lipinski definition) is 3. The van der Waals surface area contributed by atoms with E-state index >= 15 is 0 Å². The highest BCUT2D eigenvalue weighted by molar-refractivity contribution is 5.98. The topological polar surface area (TPSA) is 50.9 Å². The molecule has 73 heavy (non-hydrogen) atoms. The summed E-state index contributed by atoms with van der Waals surface area (Å²) in [6.07, 6.45) is 1.90. The van der Waals surface area contributed by atoms with E-state index in [1.807, 2.05) is 44.3 Å². The van der Waals surface area contributed by atoms with Crippen LogP contribution in [0.3, 0.4) is 0 Å². The van der Waals surface area contributed by atoms with Crippen LogP contribution < -0.4 is 0 Å². The number of nitrogens with zero attached hydrogens (tertiary/aromatic N) is 3. The Balaban J connectivity index is 1.22. The van der Waals surface area contributed by atoms with Gasteiger partial charge in [-0.1, -0.05) is 203 Å². The molecule has 0 aliphatic rings. The molecule has 4 nitrogen and oxygen atoms in total. The number of aromatic hydroxyl groups is 1. The Morgan fingerprint density at radius 3 is 1.70 bits per heavy atom. The molecule has 0 saturated heterocycles. The van der Waals surface area contributed by atoms with Crippen molar-refractivity contribution in [3.05, 3.63) is 216 Å². The molecule has 10 aromatic rings. The molecule has 8 aromatic carbocycles. The third-order valence-corrected chi connectivity index (χ3v) is 14.4. The summed E-state index contributed by atoms with van der Waals surface area (Å²) >= 11 is 0. The average Bonchev–Trinajstić information content (AvgIpc) is 3.79. The lowest BCUT2D eigenvalue weighted by molar-refractivity contribution is 0.466. The van der Waals surface area contributed by atoms with Crippen LogP contribution in [-0.4, -0.2) is 19.6 Å². The summed E-state index contributed by atoms with van der Waals surface area (Å²) in [6.45, 7) is 22.9. The van der Waals surface area contributed by atoms with Crippen molar-refractivity contribution in [1.82, 2.24) is 14.5 Å². The fourth-order valence-corrected chi connectivity index (χ4v) is 10.0. The fourth-order valence-electron chi connectivity index (χ4n) is 10.0. The Hall–Kier alpha value is -7.82. The van der Waals surface area contributed by atoms with Gasteiger partial charge in [-0.3, -0.25) is 9.55 Å². The van der Waals surface area contributed by atoms with Gasteiger partial charge in [0.15, 0.2) is 0 Å². The lowest BCUT2D eigenvalue weighted by atomic mass is 9.83. The van der Waals surface area contributed by atoms with Crippen LogP contribution in [0.1, 0.15) is 112 Å². The number of aromatic nitrogens is 3. The maximum Gasteiger partial charge on any atom is 0.149 e. The van der Waals surface area contributed by atoms with Gasteiger partial charge in [-0.2, -0.15) is 0 Å². The van der Waals surface area contributed by atoms with Crippen LogP contribution in [0.2, 0.25) is 0 Å². The molecule has 2 aromatic heterocycles. The minimum absolute atomic E-state index is 0.0195. The van der Waals surface area contributed by atoms with Gasteiger partial charge in [0.2, 0.25) is 0 Å². The molecular formula is C69H67N3O. The van der Waals surface area contributed by atoms with E-state index in [2.05, 4.69) is 211 Å². The smallest absolute Gasteiger partial charge is 0.149 e. The van der Waals surface area contributed by atoms with Crippen molar-refractivity contribution in [1.29, 1.82) is 0 Å². The van der Waals surface area contributed by atoms with Crippen LogP contribution in [0.25, 0.3) is 95.0 Å². The van der Waals surface area contributed by atoms with Gasteiger partial charge in [0.25, 0.3) is 0 Å². The van der Waals surface area contributed by atoms with E-state index in [1.165, 1.54) is 16.7 Å². The molecule has 1 N–H and O–H groups in total. The molecule has 0 amide bonds. The standard InChI is InChI=1S/C69H67N3O/c1-43(2)52-39-58(44(3)4)66(73)61(40-52)67-71-65-57(53-36-54(38-56(37-53)69(9,10)11)62-41-51(33-34-70-62)48-27-25-47(26-28-48)46-19-14-12-15-20-46)23-18-24-63(65)72(67)64-35-45(5)59(42-60(64)49-21-16-13-17-22-49)50-29-31-55(32-30-50)68(6,7)8/h12-44,73H,1-11H3/i43D,44D. The molecule has 0 unspecified atom stereocenters. The molecular weight excluding hydrogens is 887 g/mol. The van der Waals surface area contributed by atoms with Gasteiger partial charge in [-0.25, -0.2) is 4.98 Å². The van der Waals surface area contributed by atoms with E-state index in [9.17, 15) is 7.85 Å². The molecule has 2 heterocycles. The zero-order chi connectivity index (χ0) is 53.2. The molecule has 4 heteroatoms. The second-order valence-corrected chi connectivity index (χ2v) is 22.2. The molecule has 0 bridgehead atoms. The zero-order valence-electron chi connectivity index (χ0n) is 46.2. The van der Waals surface area contributed by atoms with Crippen molar-refractivity contribution in [2.24, 2.45) is 0 Å². The predicted molar refractivity (Wildman–Crippen MR) is 309 cm³/mol. The van der Waals surface area contributed by atoms with E-state index < -0.39 is 11.8 Å². The van der Waals surface area contributed by atoms with Crippen molar-refractivity contribution in [2.75, 3.05) is 0 Å². The molecule has 0 spiro atoms. The van der Waals surface area contributed by atoms with Gasteiger partial charge in [0.1, 0.15) is 11.6 Å². The van der Waals surface area contributed by atoms with Crippen LogP contribution in [-0.2, 0) is 10.8 Å². The second kappa shape index (κ2) is 19.3. The first-order valence-electron chi connectivity index (χ1n) is 26.5. The Morgan fingerprint density at radius 2 is 1.07 bits per heavy atom. The summed E-state index contributed by atoms with van der Waals surface area (Å²) in [6, 6.07) is 64.2. The molecule has 0 radical (unpaired) electrons. The summed E-state index contributed by atoms with van der Waals surface area (Å²) in [5.74, 6) is -1.72. The predicted octanol–water partition coefficient (Wildman–Crippen LogP) is 18.9. The number of hydrogen-bond donors (Lipinski definition) is 1. The molecule has 0 saturated carbocycles. The molecule has 0 aliphatic heterocycles. The Morgan fingerprint density at radius 1 is 0.479 bits per heavy atom. The lowest BCUT2D eigenvalue weighted by Gasteiger charge is -2.22. The summed E-state index contributed by atoms with van der Waals surface area (Å²) in [7, 11) is 0. The van der Waals surface area contributed by atoms with Gasteiger partial charge in [-0.15, -0.1) is 0 Å². The first-order chi connectivity index (χ1) is 35.5. The molecule has 0 aliphatic carbocycles. The first-order valence-corrected chi connectivity index (χ1v) is 25.5. The van der Waals surface area contributed by atoms with Gasteiger partial charge in [0, 0.05) is 25.6 Å². The highest BCUT2D eigenvalue weighted by Crippen LogP contribution is 2.46. The van der Waals surface area contributed by atoms with Crippen molar-refractivity contribution in [3.63, 3.8) is 0 Å². The highest BCUT2D eigenvalue weighted by Gasteiger charge is 2.27. The minimum Gasteiger partial charge on any atom is -0.507 e. The van der Waals surface area contributed by atoms with E-state index in [0.29, 0.717) is 22.5 Å². The first kappa shape index (κ1) is 46.3. The van der Waals surface area contributed by atoms with E-state index in [1.54, 1.807) is 13.8 Å². The number of pyridine rings is 1. The third kappa shape index (κ3) is 9.67. The van der Waals surface area contributed by atoms with E-state index in [0.717, 1.165) is 83.6 Å². The Bertz CT molecular complexity index is 3730. The van der Waals surface area contributed by atoms with Crippen LogP contribution in [0.4, 0.5) is 0 Å². The Labute approximate surface area is 436 Å². The Kier molecular flexibility index (Phi) is 12.2. The lowest BCUT2D eigenvalue weighted by Crippen LogP contribution is -2.11. The molecule has 364 valence electrons. The van der Waals surface area contributed by atoms with E-state index in [4.69, 9.17) is 9.97 Å². The summed E-state index contributed by atoms with van der Waals surface area (Å²) in [5.41, 5.74) is 20.0. The normalized spacial score (nSPS) is 12.8. The van der Waals surface area contributed by atoms with Gasteiger partial charge in [-0.05, 0) is 150 Å². The average molecular weight is 956 g/mol. The zero-order valence-corrected chi connectivity index (χ0v) is 44.2. The van der Waals surface area contributed by atoms with Crippen LogP contribution in [0.5, 0.6) is 5.75 Å². The van der Waals surface area contributed by atoms with Crippen LogP contribution >= 0.6 is 0 Å². The number of aryl methyl sites for hydroxylation is 1. The van der Waals surface area contributed by atoms with Gasteiger partial charge < -0.3 is 5.11 Å². The maximum atomic E-state index is 12.6. The number of para-hydroxylation sites is 1. The van der Waals surface area contributed by atoms with Crippen molar-refractivity contribution in [3.8, 4) is 89.7 Å². The number of phenols is 1. The number of phenolic OH excluding ortho intramolecular Hbond substituents is 1. The number of rotatable bonds is 10. The van der Waals surface area contributed by atoms with Gasteiger partial charge >= 0.3 is 0 Å². The molecule has 10 rings (SSSR count). The monoisotopic (exact) mass is 956 g/mol. The van der Waals surface area contributed by atoms with Crippen LogP contribution in [0, 0.1) is 6.92 Å². The number of benzene rings is 8. The van der Waals surface area contributed by atoms with E-state index in [-0.39, 0.29) is 16.6 Å². The summed E-state index contributed by atoms with van der Waals surface area (Å²) < 4.78 is 20.8. The fraction of sp³-hybridized carbons (Fsp3) is 0.217. The largest absolute Gasteiger partial charge is 0.507 e. The number of imidazole rings is 1.